The van der Waals surface area contributed by atoms with Gasteiger partial charge in [-0.25, -0.2) is 4.79 Å². The number of ketones is 1. The Bertz CT molecular complexity index is 1630. The summed E-state index contributed by atoms with van der Waals surface area (Å²) in [7, 11) is 1.58. The number of urea groups is 1. The highest BCUT2D eigenvalue weighted by Gasteiger charge is 2.67. The largest absolute Gasteiger partial charge is 0.496 e. The molecule has 0 aromatic heterocycles. The second kappa shape index (κ2) is 10.3. The molecular formula is C32H26BrN3O4. The normalized spacial score (nSPS) is 21.1. The van der Waals surface area contributed by atoms with Gasteiger partial charge in [0.05, 0.1) is 18.7 Å². The number of Topliss-reactive ketones (excluding diaryl/α,β-unsaturated/α-hetero) is 1. The minimum absolute atomic E-state index is 0.113. The summed E-state index contributed by atoms with van der Waals surface area (Å²) in [6.07, 6.45) is 0. The molecule has 2 heterocycles. The molecule has 0 radical (unpaired) electrons. The van der Waals surface area contributed by atoms with Crippen LogP contribution in [0.2, 0.25) is 0 Å². The zero-order valence-electron chi connectivity index (χ0n) is 21.6. The van der Waals surface area contributed by atoms with E-state index in [-0.39, 0.29) is 12.3 Å². The summed E-state index contributed by atoms with van der Waals surface area (Å²) in [5.74, 6) is -1.51. The number of carbonyl (C=O) groups is 3. The van der Waals surface area contributed by atoms with Crippen LogP contribution in [0.5, 0.6) is 5.75 Å². The Morgan fingerprint density at radius 1 is 0.925 bits per heavy atom. The van der Waals surface area contributed by atoms with E-state index >= 15 is 0 Å². The summed E-state index contributed by atoms with van der Waals surface area (Å²) < 4.78 is 6.41. The molecule has 7 nitrogen and oxygen atoms in total. The maximum atomic E-state index is 14.5. The van der Waals surface area contributed by atoms with Crippen molar-refractivity contribution in [2.45, 2.75) is 11.5 Å². The van der Waals surface area contributed by atoms with E-state index in [1.807, 2.05) is 66.7 Å². The smallest absolute Gasteiger partial charge is 0.323 e. The van der Waals surface area contributed by atoms with Crippen LogP contribution in [0.25, 0.3) is 0 Å². The molecule has 200 valence electrons. The van der Waals surface area contributed by atoms with Crippen LogP contribution in [0, 0.1) is 5.92 Å². The third-order valence-corrected chi connectivity index (χ3v) is 8.52. The highest BCUT2D eigenvalue weighted by Crippen LogP contribution is 2.57. The molecule has 3 atom stereocenters. The number of anilines is 2. The number of ether oxygens (including phenoxy) is 1. The number of nitrogens with one attached hydrogen (secondary N) is 2. The van der Waals surface area contributed by atoms with Crippen LogP contribution in [0.4, 0.5) is 16.2 Å². The monoisotopic (exact) mass is 595 g/mol. The van der Waals surface area contributed by atoms with Crippen LogP contribution in [0.3, 0.4) is 0 Å². The number of methoxy groups -OCH3 is 1. The van der Waals surface area contributed by atoms with Crippen LogP contribution in [-0.4, -0.2) is 36.3 Å². The number of halogens is 1. The number of carbonyl (C=O) groups excluding carboxylic acids is 3. The van der Waals surface area contributed by atoms with Crippen molar-refractivity contribution in [2.75, 3.05) is 24.3 Å². The Morgan fingerprint density at radius 2 is 1.60 bits per heavy atom. The molecule has 2 aliphatic rings. The topological polar surface area (TPSA) is 87.7 Å². The number of nitrogens with zero attached hydrogens (tertiary/aromatic N) is 1. The van der Waals surface area contributed by atoms with Gasteiger partial charge in [-0.05, 0) is 45.8 Å². The number of hydrogen-bond acceptors (Lipinski definition) is 4. The van der Waals surface area contributed by atoms with Crippen molar-refractivity contribution >= 4 is 45.0 Å². The maximum Gasteiger partial charge on any atom is 0.323 e. The highest BCUT2D eigenvalue weighted by atomic mass is 79.9. The lowest BCUT2D eigenvalue weighted by Gasteiger charge is -2.37. The molecule has 3 amide bonds. The number of rotatable bonds is 5. The van der Waals surface area contributed by atoms with E-state index in [2.05, 4.69) is 26.6 Å². The van der Waals surface area contributed by atoms with Gasteiger partial charge < -0.3 is 20.3 Å². The van der Waals surface area contributed by atoms with E-state index in [1.54, 1.807) is 43.5 Å². The molecule has 1 saturated heterocycles. The minimum Gasteiger partial charge on any atom is -0.496 e. The fourth-order valence-corrected chi connectivity index (χ4v) is 6.52. The third-order valence-electron chi connectivity index (χ3n) is 7.83. The standard InChI is InChI=1S/C32H26BrN3O4/c1-40-27-18-10-5-13-21(27)22-19-36(31(39)35-26-17-9-7-15-24(26)33)32(23-14-6-8-16-25(23)34-30(32)38)28(22)29(37)20-11-3-2-4-12-20/h2-18,22,28H,19H2,1H3,(H,34,38)(H,35,39). The fraction of sp³-hybridized carbons (Fsp3) is 0.156. The van der Waals surface area contributed by atoms with Gasteiger partial charge in [0, 0.05) is 33.7 Å². The Labute approximate surface area is 240 Å². The van der Waals surface area contributed by atoms with Crippen LogP contribution < -0.4 is 15.4 Å². The quantitative estimate of drug-likeness (QED) is 0.260. The highest BCUT2D eigenvalue weighted by molar-refractivity contribution is 9.10. The number of hydrogen-bond donors (Lipinski definition) is 2. The molecule has 1 spiro atoms. The summed E-state index contributed by atoms with van der Waals surface area (Å²) in [4.78, 5) is 44.5. The first-order valence-electron chi connectivity index (χ1n) is 12.9. The Morgan fingerprint density at radius 3 is 2.38 bits per heavy atom. The first-order valence-corrected chi connectivity index (χ1v) is 13.7. The Balaban J connectivity index is 1.59. The molecule has 0 saturated carbocycles. The molecular weight excluding hydrogens is 570 g/mol. The van der Waals surface area contributed by atoms with E-state index in [1.165, 1.54) is 4.90 Å². The fourth-order valence-electron chi connectivity index (χ4n) is 6.14. The minimum atomic E-state index is -1.60. The SMILES string of the molecule is COc1ccccc1C1CN(C(=O)Nc2ccccc2Br)C2(C(=O)Nc3ccccc32)C1C(=O)c1ccccc1. The van der Waals surface area contributed by atoms with E-state index < -0.39 is 29.3 Å². The molecule has 8 heteroatoms. The van der Waals surface area contributed by atoms with Crippen LogP contribution in [0.1, 0.15) is 27.4 Å². The lowest BCUT2D eigenvalue weighted by Crippen LogP contribution is -2.55. The van der Waals surface area contributed by atoms with Crippen LogP contribution >= 0.6 is 15.9 Å². The predicted molar refractivity (Wildman–Crippen MR) is 157 cm³/mol. The summed E-state index contributed by atoms with van der Waals surface area (Å²) in [6.45, 7) is 0.113. The summed E-state index contributed by atoms with van der Waals surface area (Å²) >= 11 is 3.50. The van der Waals surface area contributed by atoms with E-state index in [9.17, 15) is 14.4 Å². The van der Waals surface area contributed by atoms with Crippen molar-refractivity contribution in [2.24, 2.45) is 5.92 Å². The van der Waals surface area contributed by atoms with Crippen molar-refractivity contribution in [3.8, 4) is 5.75 Å². The molecule has 0 bridgehead atoms. The molecule has 2 N–H and O–H groups in total. The molecule has 40 heavy (non-hydrogen) atoms. The van der Waals surface area contributed by atoms with Gasteiger partial charge >= 0.3 is 6.03 Å². The number of amides is 3. The molecule has 4 aromatic carbocycles. The van der Waals surface area contributed by atoms with Crippen molar-refractivity contribution in [3.05, 3.63) is 124 Å². The van der Waals surface area contributed by atoms with Gasteiger partial charge in [0.15, 0.2) is 11.3 Å². The molecule has 3 unspecified atom stereocenters. The van der Waals surface area contributed by atoms with Gasteiger partial charge in [0.2, 0.25) is 0 Å². The van der Waals surface area contributed by atoms with Gasteiger partial charge in [-0.3, -0.25) is 9.59 Å². The van der Waals surface area contributed by atoms with Gasteiger partial charge in [0.25, 0.3) is 5.91 Å². The number of likely N-dealkylation sites (tertiary alicyclic amines) is 1. The Kier molecular flexibility index (Phi) is 6.64. The first kappa shape index (κ1) is 25.8. The zero-order valence-corrected chi connectivity index (χ0v) is 23.2. The van der Waals surface area contributed by atoms with Gasteiger partial charge in [0.1, 0.15) is 5.75 Å². The van der Waals surface area contributed by atoms with E-state index in [4.69, 9.17) is 4.74 Å². The maximum absolute atomic E-state index is 14.5. The lowest BCUT2D eigenvalue weighted by atomic mass is 9.70. The number of benzene rings is 4. The first-order chi connectivity index (χ1) is 19.5. The van der Waals surface area contributed by atoms with Crippen molar-refractivity contribution in [1.82, 2.24) is 4.90 Å². The zero-order chi connectivity index (χ0) is 27.9. The van der Waals surface area contributed by atoms with Crippen LogP contribution in [-0.2, 0) is 10.3 Å². The van der Waals surface area contributed by atoms with Crippen molar-refractivity contribution < 1.29 is 19.1 Å². The third kappa shape index (κ3) is 3.98. The predicted octanol–water partition coefficient (Wildman–Crippen LogP) is 6.44. The van der Waals surface area contributed by atoms with Gasteiger partial charge in [-0.1, -0.05) is 78.9 Å². The molecule has 0 aliphatic carbocycles. The summed E-state index contributed by atoms with van der Waals surface area (Å²) in [6, 6.07) is 30.5. The summed E-state index contributed by atoms with van der Waals surface area (Å²) in [5.41, 5.74) is 1.36. The van der Waals surface area contributed by atoms with Gasteiger partial charge in [-0.2, -0.15) is 0 Å². The molecule has 6 rings (SSSR count). The average molecular weight is 596 g/mol. The second-order valence-electron chi connectivity index (χ2n) is 9.84. The van der Waals surface area contributed by atoms with Crippen molar-refractivity contribution in [1.29, 1.82) is 0 Å². The van der Waals surface area contributed by atoms with E-state index in [0.717, 1.165) is 5.56 Å². The lowest BCUT2D eigenvalue weighted by molar-refractivity contribution is -0.126. The average Bonchev–Trinajstić information content (AvgIpc) is 3.49. The summed E-state index contributed by atoms with van der Waals surface area (Å²) in [5, 5.41) is 5.95. The van der Waals surface area contributed by atoms with E-state index in [0.29, 0.717) is 32.7 Å². The molecule has 1 fully saturated rings. The van der Waals surface area contributed by atoms with Crippen molar-refractivity contribution in [3.63, 3.8) is 0 Å². The van der Waals surface area contributed by atoms with Crippen LogP contribution in [0.15, 0.2) is 108 Å². The number of fused-ring (bicyclic) bond motifs is 2. The molecule has 2 aliphatic heterocycles. The second-order valence-corrected chi connectivity index (χ2v) is 10.7. The van der Waals surface area contributed by atoms with Gasteiger partial charge in [-0.15, -0.1) is 0 Å². The molecule has 4 aromatic rings. The number of para-hydroxylation sites is 3. The Hall–Kier alpha value is -4.43.